The zero-order valence-corrected chi connectivity index (χ0v) is 10.3. The zero-order valence-electron chi connectivity index (χ0n) is 10.3. The van der Waals surface area contributed by atoms with Gasteiger partial charge >= 0.3 is 0 Å². The smallest absolute Gasteiger partial charge is 0.133 e. The van der Waals surface area contributed by atoms with Gasteiger partial charge in [0.15, 0.2) is 0 Å². The molecule has 0 amide bonds. The van der Waals surface area contributed by atoms with Gasteiger partial charge in [-0.3, -0.25) is 0 Å². The summed E-state index contributed by atoms with van der Waals surface area (Å²) in [5.41, 5.74) is 2.34. The molecule has 0 aliphatic rings. The Hall–Kier alpha value is -1.54. The van der Waals surface area contributed by atoms with Crippen molar-refractivity contribution in [2.45, 2.75) is 32.8 Å². The minimum atomic E-state index is -0.558. The van der Waals surface area contributed by atoms with E-state index >= 15 is 0 Å². The monoisotopic (exact) mass is 230 g/mol. The molecule has 17 heavy (non-hydrogen) atoms. The number of hydrogen-bond donors (Lipinski definition) is 1. The number of benzene rings is 1. The number of hydrogen-bond acceptors (Lipinski definition) is 2. The van der Waals surface area contributed by atoms with Crippen molar-refractivity contribution in [3.63, 3.8) is 0 Å². The highest BCUT2D eigenvalue weighted by Crippen LogP contribution is 2.21. The van der Waals surface area contributed by atoms with Gasteiger partial charge in [-0.2, -0.15) is 0 Å². The summed E-state index contributed by atoms with van der Waals surface area (Å²) in [7, 11) is 0. The van der Waals surface area contributed by atoms with Crippen molar-refractivity contribution in [2.24, 2.45) is 0 Å². The van der Waals surface area contributed by atoms with E-state index in [1.807, 2.05) is 31.2 Å². The van der Waals surface area contributed by atoms with Gasteiger partial charge in [-0.1, -0.05) is 36.8 Å². The average Bonchev–Trinajstić information content (AvgIpc) is 2.77. The van der Waals surface area contributed by atoms with Gasteiger partial charge in [-0.15, -0.1) is 0 Å². The van der Waals surface area contributed by atoms with Gasteiger partial charge < -0.3 is 9.52 Å². The molecule has 0 fully saturated rings. The second kappa shape index (κ2) is 5.19. The summed E-state index contributed by atoms with van der Waals surface area (Å²) in [5, 5.41) is 10.1. The summed E-state index contributed by atoms with van der Waals surface area (Å²) in [6.45, 7) is 4.09. The van der Waals surface area contributed by atoms with Crippen molar-refractivity contribution in [2.75, 3.05) is 0 Å². The Bertz CT molecular complexity index is 485. The van der Waals surface area contributed by atoms with Crippen molar-refractivity contribution >= 4 is 0 Å². The lowest BCUT2D eigenvalue weighted by Crippen LogP contribution is -2.00. The highest BCUT2D eigenvalue weighted by atomic mass is 16.4. The molecule has 2 nitrogen and oxygen atoms in total. The van der Waals surface area contributed by atoms with Crippen LogP contribution < -0.4 is 0 Å². The van der Waals surface area contributed by atoms with Gasteiger partial charge in [-0.25, -0.2) is 0 Å². The molecule has 1 unspecified atom stereocenters. The number of rotatable bonds is 4. The molecule has 0 aliphatic carbocycles. The fourth-order valence-electron chi connectivity index (χ4n) is 1.93. The van der Waals surface area contributed by atoms with E-state index in [0.717, 1.165) is 17.7 Å². The van der Waals surface area contributed by atoms with E-state index in [9.17, 15) is 5.11 Å². The molecule has 2 rings (SSSR count). The molecule has 0 saturated heterocycles. The lowest BCUT2D eigenvalue weighted by atomic mass is 10.0. The molecule has 0 aliphatic heterocycles. The normalized spacial score (nSPS) is 12.6. The third-order valence-corrected chi connectivity index (χ3v) is 2.87. The quantitative estimate of drug-likeness (QED) is 0.873. The molecular weight excluding hydrogens is 212 g/mol. The molecule has 1 aromatic heterocycles. The predicted octanol–water partition coefficient (Wildman–Crippen LogP) is 3.43. The summed E-state index contributed by atoms with van der Waals surface area (Å²) in [6, 6.07) is 12.0. The Morgan fingerprint density at radius 2 is 2.06 bits per heavy atom. The molecule has 0 spiro atoms. The largest absolute Gasteiger partial charge is 0.463 e. The molecule has 1 aromatic carbocycles. The van der Waals surface area contributed by atoms with Crippen LogP contribution in [-0.4, -0.2) is 5.11 Å². The Morgan fingerprint density at radius 3 is 2.71 bits per heavy atom. The first-order chi connectivity index (χ1) is 8.19. The SMILES string of the molecule is CCc1ccc(C(O)Cc2cccc(C)c2)o1. The van der Waals surface area contributed by atoms with Crippen molar-refractivity contribution < 1.29 is 9.52 Å². The molecule has 0 radical (unpaired) electrons. The molecule has 1 atom stereocenters. The van der Waals surface area contributed by atoms with E-state index in [0.29, 0.717) is 12.2 Å². The molecular formula is C15H18O2. The Balaban J connectivity index is 2.08. The van der Waals surface area contributed by atoms with Crippen LogP contribution in [0.2, 0.25) is 0 Å². The Kier molecular flexibility index (Phi) is 3.64. The van der Waals surface area contributed by atoms with Crippen LogP contribution in [0, 0.1) is 6.92 Å². The van der Waals surface area contributed by atoms with Crippen molar-refractivity contribution in [3.05, 3.63) is 59.0 Å². The maximum Gasteiger partial charge on any atom is 0.133 e. The van der Waals surface area contributed by atoms with Gasteiger partial charge in [0.1, 0.15) is 17.6 Å². The second-order valence-electron chi connectivity index (χ2n) is 4.37. The van der Waals surface area contributed by atoms with Gasteiger partial charge in [0, 0.05) is 12.8 Å². The minimum Gasteiger partial charge on any atom is -0.463 e. The molecule has 1 heterocycles. The van der Waals surface area contributed by atoms with Crippen molar-refractivity contribution in [3.8, 4) is 0 Å². The summed E-state index contributed by atoms with van der Waals surface area (Å²) in [5.74, 6) is 1.58. The topological polar surface area (TPSA) is 33.4 Å². The molecule has 0 saturated carbocycles. The number of aryl methyl sites for hydroxylation is 2. The van der Waals surface area contributed by atoms with Crippen LogP contribution in [0.15, 0.2) is 40.8 Å². The summed E-state index contributed by atoms with van der Waals surface area (Å²) < 4.78 is 5.55. The Morgan fingerprint density at radius 1 is 1.24 bits per heavy atom. The van der Waals surface area contributed by atoms with Gasteiger partial charge in [0.05, 0.1) is 0 Å². The second-order valence-corrected chi connectivity index (χ2v) is 4.37. The van der Waals surface area contributed by atoms with E-state index < -0.39 is 6.10 Å². The molecule has 90 valence electrons. The Labute approximate surface area is 102 Å². The third-order valence-electron chi connectivity index (χ3n) is 2.87. The van der Waals surface area contributed by atoms with Crippen LogP contribution in [0.25, 0.3) is 0 Å². The first-order valence-corrected chi connectivity index (χ1v) is 6.01. The maximum absolute atomic E-state index is 10.1. The fourth-order valence-corrected chi connectivity index (χ4v) is 1.93. The molecule has 1 N–H and O–H groups in total. The maximum atomic E-state index is 10.1. The standard InChI is InChI=1S/C15H18O2/c1-3-13-7-8-15(17-13)14(16)10-12-6-4-5-11(2)9-12/h4-9,14,16H,3,10H2,1-2H3. The fraction of sp³-hybridized carbons (Fsp3) is 0.333. The van der Waals surface area contributed by atoms with Crippen LogP contribution in [0.1, 0.15) is 35.7 Å². The minimum absolute atomic E-state index is 0.558. The lowest BCUT2D eigenvalue weighted by molar-refractivity contribution is 0.148. The summed E-state index contributed by atoms with van der Waals surface area (Å²) in [6.07, 6.45) is 0.896. The third kappa shape index (κ3) is 2.98. The van der Waals surface area contributed by atoms with Gasteiger partial charge in [0.2, 0.25) is 0 Å². The molecule has 2 heteroatoms. The molecule has 2 aromatic rings. The lowest BCUT2D eigenvalue weighted by Gasteiger charge is -2.08. The average molecular weight is 230 g/mol. The summed E-state index contributed by atoms with van der Waals surface area (Å²) >= 11 is 0. The van der Waals surface area contributed by atoms with E-state index in [1.165, 1.54) is 5.56 Å². The van der Waals surface area contributed by atoms with Crippen molar-refractivity contribution in [1.29, 1.82) is 0 Å². The van der Waals surface area contributed by atoms with Gasteiger partial charge in [-0.05, 0) is 24.6 Å². The van der Waals surface area contributed by atoms with E-state index in [-0.39, 0.29) is 0 Å². The number of furan rings is 1. The molecule has 0 bridgehead atoms. The first kappa shape index (κ1) is 11.9. The van der Waals surface area contributed by atoms with Crippen molar-refractivity contribution in [1.82, 2.24) is 0 Å². The van der Waals surface area contributed by atoms with Crippen LogP contribution in [-0.2, 0) is 12.8 Å². The van der Waals surface area contributed by atoms with E-state index in [2.05, 4.69) is 19.1 Å². The van der Waals surface area contributed by atoms with E-state index in [1.54, 1.807) is 0 Å². The summed E-state index contributed by atoms with van der Waals surface area (Å²) in [4.78, 5) is 0. The highest BCUT2D eigenvalue weighted by Gasteiger charge is 2.12. The highest BCUT2D eigenvalue weighted by molar-refractivity contribution is 5.24. The van der Waals surface area contributed by atoms with Crippen LogP contribution in [0.3, 0.4) is 0 Å². The first-order valence-electron chi connectivity index (χ1n) is 6.01. The number of aliphatic hydroxyl groups excluding tert-OH is 1. The number of aliphatic hydroxyl groups is 1. The zero-order chi connectivity index (χ0) is 12.3. The van der Waals surface area contributed by atoms with Crippen LogP contribution in [0.4, 0.5) is 0 Å². The van der Waals surface area contributed by atoms with Crippen LogP contribution >= 0.6 is 0 Å². The van der Waals surface area contributed by atoms with E-state index in [4.69, 9.17) is 4.42 Å². The van der Waals surface area contributed by atoms with Crippen LogP contribution in [0.5, 0.6) is 0 Å². The van der Waals surface area contributed by atoms with Gasteiger partial charge in [0.25, 0.3) is 0 Å². The predicted molar refractivity (Wildman–Crippen MR) is 67.9 cm³/mol.